The van der Waals surface area contributed by atoms with Crippen LogP contribution in [0.1, 0.15) is 63.0 Å². The molecule has 0 saturated carbocycles. The van der Waals surface area contributed by atoms with E-state index in [1.165, 1.54) is 23.5 Å². The summed E-state index contributed by atoms with van der Waals surface area (Å²) in [6, 6.07) is 11.4. The van der Waals surface area contributed by atoms with E-state index in [0.717, 1.165) is 38.4 Å². The zero-order valence-corrected chi connectivity index (χ0v) is 21.3. The van der Waals surface area contributed by atoms with Crippen molar-refractivity contribution in [2.45, 2.75) is 52.0 Å². The Bertz CT molecular complexity index is 1320. The van der Waals surface area contributed by atoms with E-state index < -0.39 is 12.3 Å². The predicted molar refractivity (Wildman–Crippen MR) is 133 cm³/mol. The Morgan fingerprint density at radius 1 is 1.16 bits per heavy atom. The number of alkyl halides is 3. The molecule has 2 heterocycles. The van der Waals surface area contributed by atoms with Gasteiger partial charge in [0.1, 0.15) is 17.6 Å². The number of carboxylic acids is 1. The van der Waals surface area contributed by atoms with Crippen LogP contribution in [-0.4, -0.2) is 29.9 Å². The van der Waals surface area contributed by atoms with E-state index in [1.807, 2.05) is 26.0 Å². The summed E-state index contributed by atoms with van der Waals surface area (Å²) in [7, 11) is 0. The van der Waals surface area contributed by atoms with Gasteiger partial charge in [-0.15, -0.1) is 24.5 Å². The van der Waals surface area contributed by atoms with Gasteiger partial charge in [0.25, 0.3) is 5.91 Å². The van der Waals surface area contributed by atoms with E-state index in [1.54, 1.807) is 18.2 Å². The molecule has 4 rings (SSSR count). The topological polar surface area (TPSA) is 84.9 Å². The maximum Gasteiger partial charge on any atom is 0.573 e. The van der Waals surface area contributed by atoms with Gasteiger partial charge in [-0.3, -0.25) is 9.59 Å². The van der Waals surface area contributed by atoms with Crippen LogP contribution in [-0.2, 0) is 4.79 Å². The number of carbonyl (C=O) groups is 2. The fraction of sp³-hybridized carbons (Fsp3) is 0.333. The molecule has 0 aliphatic carbocycles. The molecule has 0 radical (unpaired) electrons. The first-order valence-corrected chi connectivity index (χ1v) is 12.5. The van der Waals surface area contributed by atoms with Crippen LogP contribution in [0.5, 0.6) is 11.5 Å². The number of carboxylic acid groups (broad SMARTS) is 1. The minimum atomic E-state index is -4.74. The second kappa shape index (κ2) is 10.5. The Hall–Kier alpha value is -3.53. The molecule has 2 aromatic carbocycles. The predicted octanol–water partition coefficient (Wildman–Crippen LogP) is 6.76. The largest absolute Gasteiger partial charge is 0.573 e. The summed E-state index contributed by atoms with van der Waals surface area (Å²) in [5.74, 6) is -0.674. The van der Waals surface area contributed by atoms with E-state index in [0.29, 0.717) is 11.3 Å². The van der Waals surface area contributed by atoms with Crippen LogP contribution in [0.3, 0.4) is 0 Å². The van der Waals surface area contributed by atoms with Gasteiger partial charge < -0.3 is 19.9 Å². The first-order valence-electron chi connectivity index (χ1n) is 11.7. The smallest absolute Gasteiger partial charge is 0.485 e. The van der Waals surface area contributed by atoms with Crippen LogP contribution in [0.4, 0.5) is 13.2 Å². The molecule has 0 spiro atoms. The van der Waals surface area contributed by atoms with Gasteiger partial charge in [-0.2, -0.15) is 0 Å². The summed E-state index contributed by atoms with van der Waals surface area (Å²) in [4.78, 5) is 24.4. The first-order chi connectivity index (χ1) is 17.4. The molecule has 2 N–H and O–H groups in total. The molecule has 3 aromatic rings. The lowest BCUT2D eigenvalue weighted by Crippen LogP contribution is -2.25. The average molecular weight is 534 g/mol. The highest BCUT2D eigenvalue weighted by Gasteiger charge is 2.32. The average Bonchev–Trinajstić information content (AvgIpc) is 3.29. The van der Waals surface area contributed by atoms with E-state index in [4.69, 9.17) is 9.84 Å². The van der Waals surface area contributed by atoms with Crippen molar-refractivity contribution in [3.05, 3.63) is 68.9 Å². The molecule has 1 aliphatic heterocycles. The minimum Gasteiger partial charge on any atom is -0.485 e. The first kappa shape index (κ1) is 26.5. The normalized spacial score (nSPS) is 17.0. The van der Waals surface area contributed by atoms with Crippen LogP contribution < -0.4 is 14.8 Å². The van der Waals surface area contributed by atoms with Crippen molar-refractivity contribution < 1.29 is 37.3 Å². The highest BCUT2D eigenvalue weighted by atomic mass is 32.1. The third-order valence-corrected chi connectivity index (χ3v) is 7.46. The van der Waals surface area contributed by atoms with E-state index >= 15 is 0 Å². The van der Waals surface area contributed by atoms with Gasteiger partial charge in [0.15, 0.2) is 0 Å². The van der Waals surface area contributed by atoms with E-state index in [2.05, 4.69) is 17.0 Å². The SMILES string of the molecule is Cc1cc2c(c(C)c1-c1ccc(OC(F)(F)F)cc1)C(C)CC(c1ccc(C(=O)NCCC(=O)O)s1)O2. The summed E-state index contributed by atoms with van der Waals surface area (Å²) < 4.78 is 47.9. The number of hydrogen-bond acceptors (Lipinski definition) is 5. The number of fused-ring (bicyclic) bond motifs is 1. The molecule has 0 saturated heterocycles. The third kappa shape index (κ3) is 6.07. The Morgan fingerprint density at radius 2 is 1.86 bits per heavy atom. The number of carbonyl (C=O) groups excluding carboxylic acids is 1. The molecule has 37 heavy (non-hydrogen) atoms. The van der Waals surface area contributed by atoms with Crippen molar-refractivity contribution in [3.63, 3.8) is 0 Å². The van der Waals surface area contributed by atoms with E-state index in [-0.39, 0.29) is 36.6 Å². The maximum absolute atomic E-state index is 12.5. The summed E-state index contributed by atoms with van der Waals surface area (Å²) in [5, 5.41) is 11.3. The van der Waals surface area contributed by atoms with Crippen molar-refractivity contribution in [2.75, 3.05) is 6.54 Å². The van der Waals surface area contributed by atoms with E-state index in [9.17, 15) is 22.8 Å². The molecular formula is C27H26F3NO5S. The zero-order chi connectivity index (χ0) is 26.9. The lowest BCUT2D eigenvalue weighted by Gasteiger charge is -2.33. The van der Waals surface area contributed by atoms with Gasteiger partial charge in [-0.25, -0.2) is 0 Å². The molecule has 6 nitrogen and oxygen atoms in total. The number of hydrogen-bond donors (Lipinski definition) is 2. The number of benzene rings is 2. The molecule has 0 fully saturated rings. The third-order valence-electron chi connectivity index (χ3n) is 6.28. The fourth-order valence-electron chi connectivity index (χ4n) is 4.77. The fourth-order valence-corrected chi connectivity index (χ4v) is 5.74. The number of nitrogens with one attached hydrogen (secondary N) is 1. The highest BCUT2D eigenvalue weighted by Crippen LogP contribution is 2.48. The molecule has 2 atom stereocenters. The van der Waals surface area contributed by atoms with Crippen LogP contribution in [0.2, 0.25) is 0 Å². The van der Waals surface area contributed by atoms with Crippen molar-refractivity contribution >= 4 is 23.2 Å². The Morgan fingerprint density at radius 3 is 2.51 bits per heavy atom. The van der Waals surface area contributed by atoms with Crippen molar-refractivity contribution in [3.8, 4) is 22.6 Å². The summed E-state index contributed by atoms with van der Waals surface area (Å²) in [6.07, 6.45) is -4.43. The van der Waals surface area contributed by atoms with Gasteiger partial charge in [-0.05, 0) is 78.8 Å². The molecule has 1 aliphatic rings. The molecular weight excluding hydrogens is 507 g/mol. The lowest BCUT2D eigenvalue weighted by atomic mass is 9.83. The van der Waals surface area contributed by atoms with Gasteiger partial charge in [0.2, 0.25) is 0 Å². The number of aryl methyl sites for hydroxylation is 1. The maximum atomic E-state index is 12.5. The van der Waals surface area contributed by atoms with Crippen LogP contribution in [0.25, 0.3) is 11.1 Å². The molecule has 1 amide bonds. The standard InChI is InChI=1S/C27H26F3NO5S/c1-14-13-20-25(16(3)24(14)17-4-6-18(7-5-17)36-27(28,29)30)15(2)12-19(35-20)21-8-9-22(37-21)26(34)31-11-10-23(32)33/h4-9,13,15,19H,10-12H2,1-3H3,(H,31,34)(H,32,33). The number of aliphatic carboxylic acids is 1. The van der Waals surface area contributed by atoms with Gasteiger partial charge in [0, 0.05) is 17.0 Å². The Kier molecular flexibility index (Phi) is 7.49. The van der Waals surface area contributed by atoms with Crippen LogP contribution in [0.15, 0.2) is 42.5 Å². The van der Waals surface area contributed by atoms with Gasteiger partial charge >= 0.3 is 12.3 Å². The molecule has 1 aromatic heterocycles. The number of thiophene rings is 1. The van der Waals surface area contributed by atoms with Gasteiger partial charge in [0.05, 0.1) is 11.3 Å². The summed E-state index contributed by atoms with van der Waals surface area (Å²) in [6.45, 7) is 6.09. The highest BCUT2D eigenvalue weighted by molar-refractivity contribution is 7.14. The van der Waals surface area contributed by atoms with Crippen LogP contribution >= 0.6 is 11.3 Å². The molecule has 196 valence electrons. The Balaban J connectivity index is 1.55. The summed E-state index contributed by atoms with van der Waals surface area (Å²) in [5.41, 5.74) is 4.73. The number of rotatable bonds is 7. The van der Waals surface area contributed by atoms with Crippen LogP contribution in [0, 0.1) is 13.8 Å². The van der Waals surface area contributed by atoms with Crippen molar-refractivity contribution in [1.29, 1.82) is 0 Å². The van der Waals surface area contributed by atoms with Crippen molar-refractivity contribution in [1.82, 2.24) is 5.32 Å². The lowest BCUT2D eigenvalue weighted by molar-refractivity contribution is -0.274. The van der Waals surface area contributed by atoms with Crippen molar-refractivity contribution in [2.24, 2.45) is 0 Å². The monoisotopic (exact) mass is 533 g/mol. The minimum absolute atomic E-state index is 0.0602. The summed E-state index contributed by atoms with van der Waals surface area (Å²) >= 11 is 1.32. The quantitative estimate of drug-likeness (QED) is 0.350. The molecule has 0 bridgehead atoms. The second-order valence-corrected chi connectivity index (χ2v) is 10.1. The second-order valence-electron chi connectivity index (χ2n) is 9.02. The number of ether oxygens (including phenoxy) is 2. The Labute approximate surface area is 216 Å². The molecule has 2 unspecified atom stereocenters. The number of halogens is 3. The molecule has 10 heteroatoms. The zero-order valence-electron chi connectivity index (χ0n) is 20.4. The number of amides is 1. The van der Waals surface area contributed by atoms with Gasteiger partial charge in [-0.1, -0.05) is 19.1 Å².